The SMILES string of the molecule is C=CS(=O)(=O)C=C.C=Cc1ccccc1C=C.CCOCC. The normalized spacial score (nSPS) is 9.18. The Balaban J connectivity index is 0. The zero-order valence-corrected chi connectivity index (χ0v) is 14.3. The van der Waals surface area contributed by atoms with Crippen molar-refractivity contribution >= 4 is 22.0 Å². The summed E-state index contributed by atoms with van der Waals surface area (Å²) in [5.74, 6) is 0. The second-order valence-corrected chi connectivity index (χ2v) is 5.59. The standard InChI is InChI=1S/C10H10.C4H6O2S.C4H10O/c1-3-9-7-5-6-8-10(9)4-2;1-3-7(5,6)4-2;1-3-5-4-2/h3-8H,1-2H2;3-4H,1-2H2;3-4H2,1-2H3. The Kier molecular flexibility index (Phi) is 14.3. The highest BCUT2D eigenvalue weighted by molar-refractivity contribution is 7.97. The molecule has 0 aromatic heterocycles. The molecule has 3 nitrogen and oxygen atoms in total. The molecular weight excluding hydrogens is 296 g/mol. The van der Waals surface area contributed by atoms with Gasteiger partial charge in [-0.05, 0) is 25.0 Å². The monoisotopic (exact) mass is 322 g/mol. The van der Waals surface area contributed by atoms with E-state index in [1.807, 2.05) is 50.3 Å². The largest absolute Gasteiger partial charge is 0.382 e. The van der Waals surface area contributed by atoms with E-state index in [1.165, 1.54) is 0 Å². The quantitative estimate of drug-likeness (QED) is 0.762. The minimum absolute atomic E-state index is 0.844. The van der Waals surface area contributed by atoms with Crippen molar-refractivity contribution in [2.24, 2.45) is 0 Å². The molecule has 4 heteroatoms. The van der Waals surface area contributed by atoms with E-state index in [4.69, 9.17) is 4.74 Å². The van der Waals surface area contributed by atoms with Crippen molar-refractivity contribution in [1.29, 1.82) is 0 Å². The van der Waals surface area contributed by atoms with Crippen molar-refractivity contribution in [2.75, 3.05) is 13.2 Å². The molecule has 1 aromatic rings. The molecule has 1 rings (SSSR count). The summed E-state index contributed by atoms with van der Waals surface area (Å²) in [6.45, 7) is 19.1. The van der Waals surface area contributed by atoms with Crippen LogP contribution < -0.4 is 0 Å². The van der Waals surface area contributed by atoms with E-state index in [2.05, 4.69) is 26.3 Å². The minimum atomic E-state index is -3.13. The Morgan fingerprint density at radius 1 is 0.909 bits per heavy atom. The van der Waals surface area contributed by atoms with Gasteiger partial charge >= 0.3 is 0 Å². The molecule has 22 heavy (non-hydrogen) atoms. The Labute approximate surface area is 135 Å². The first kappa shape index (κ1) is 22.4. The van der Waals surface area contributed by atoms with Crippen molar-refractivity contribution in [3.05, 3.63) is 72.5 Å². The Morgan fingerprint density at radius 3 is 1.41 bits per heavy atom. The molecule has 0 N–H and O–H groups in total. The molecule has 0 amide bonds. The average molecular weight is 322 g/mol. The van der Waals surface area contributed by atoms with Crippen LogP contribution in [0.2, 0.25) is 0 Å². The number of sulfone groups is 1. The highest BCUT2D eigenvalue weighted by atomic mass is 32.2. The van der Waals surface area contributed by atoms with Crippen molar-refractivity contribution < 1.29 is 13.2 Å². The van der Waals surface area contributed by atoms with E-state index in [1.54, 1.807) is 0 Å². The molecule has 1 aromatic carbocycles. The molecule has 0 fully saturated rings. The van der Waals surface area contributed by atoms with E-state index in [-0.39, 0.29) is 0 Å². The van der Waals surface area contributed by atoms with Crippen LogP contribution >= 0.6 is 0 Å². The summed E-state index contributed by atoms with van der Waals surface area (Å²) in [5, 5.41) is 1.69. The molecule has 0 saturated carbocycles. The van der Waals surface area contributed by atoms with Crippen LogP contribution in [-0.4, -0.2) is 21.6 Å². The van der Waals surface area contributed by atoms with Gasteiger partial charge in [-0.3, -0.25) is 0 Å². The molecule has 122 valence electrons. The maximum absolute atomic E-state index is 10.1. The number of hydrogen-bond donors (Lipinski definition) is 0. The third-order valence-electron chi connectivity index (χ3n) is 2.31. The lowest BCUT2D eigenvalue weighted by molar-refractivity contribution is 0.162. The summed E-state index contributed by atoms with van der Waals surface area (Å²) in [4.78, 5) is 0. The summed E-state index contributed by atoms with van der Waals surface area (Å²) >= 11 is 0. The van der Waals surface area contributed by atoms with Crippen LogP contribution in [0.25, 0.3) is 12.2 Å². The zero-order chi connectivity index (χ0) is 17.4. The summed E-state index contributed by atoms with van der Waals surface area (Å²) < 4.78 is 25.1. The number of ether oxygens (including phenoxy) is 1. The van der Waals surface area contributed by atoms with Crippen LogP contribution in [0.15, 0.2) is 61.4 Å². The van der Waals surface area contributed by atoms with Gasteiger partial charge in [0, 0.05) is 24.0 Å². The van der Waals surface area contributed by atoms with Crippen molar-refractivity contribution in [3.8, 4) is 0 Å². The first-order chi connectivity index (χ1) is 10.4. The zero-order valence-electron chi connectivity index (χ0n) is 13.5. The summed E-state index contributed by atoms with van der Waals surface area (Å²) in [5.41, 5.74) is 2.27. The van der Waals surface area contributed by atoms with Crippen LogP contribution in [0.4, 0.5) is 0 Å². The van der Waals surface area contributed by atoms with Crippen molar-refractivity contribution in [1.82, 2.24) is 0 Å². The van der Waals surface area contributed by atoms with Gasteiger partial charge in [-0.2, -0.15) is 0 Å². The molecule has 0 radical (unpaired) electrons. The van der Waals surface area contributed by atoms with Gasteiger partial charge in [0.1, 0.15) is 0 Å². The molecule has 0 unspecified atom stereocenters. The molecule has 0 heterocycles. The molecule has 0 aliphatic rings. The third-order valence-corrected chi connectivity index (χ3v) is 3.24. The van der Waals surface area contributed by atoms with Gasteiger partial charge in [0.15, 0.2) is 9.84 Å². The maximum atomic E-state index is 10.1. The second kappa shape index (κ2) is 14.0. The van der Waals surface area contributed by atoms with Gasteiger partial charge in [0.05, 0.1) is 0 Å². The van der Waals surface area contributed by atoms with E-state index in [0.29, 0.717) is 0 Å². The van der Waals surface area contributed by atoms with Gasteiger partial charge in [-0.15, -0.1) is 0 Å². The Bertz CT molecular complexity index is 514. The number of hydrogen-bond acceptors (Lipinski definition) is 3. The second-order valence-electron chi connectivity index (χ2n) is 3.74. The minimum Gasteiger partial charge on any atom is -0.382 e. The van der Waals surface area contributed by atoms with E-state index >= 15 is 0 Å². The predicted octanol–water partition coefficient (Wildman–Crippen LogP) is 4.70. The molecule has 0 aliphatic carbocycles. The van der Waals surface area contributed by atoms with E-state index in [9.17, 15) is 8.42 Å². The predicted molar refractivity (Wildman–Crippen MR) is 98.1 cm³/mol. The number of rotatable bonds is 6. The summed E-state index contributed by atoms with van der Waals surface area (Å²) in [7, 11) is -3.13. The molecule has 0 atom stereocenters. The molecule has 0 aliphatic heterocycles. The lowest BCUT2D eigenvalue weighted by atomic mass is 10.1. The molecule has 0 saturated heterocycles. The fourth-order valence-corrected chi connectivity index (χ4v) is 1.29. The summed E-state index contributed by atoms with van der Waals surface area (Å²) in [6, 6.07) is 8.02. The lowest BCUT2D eigenvalue weighted by Gasteiger charge is -1.96. The van der Waals surface area contributed by atoms with Crippen LogP contribution in [0, 0.1) is 0 Å². The smallest absolute Gasteiger partial charge is 0.191 e. The van der Waals surface area contributed by atoms with E-state index in [0.717, 1.165) is 35.2 Å². The van der Waals surface area contributed by atoms with E-state index < -0.39 is 9.84 Å². The van der Waals surface area contributed by atoms with Gasteiger partial charge in [-0.1, -0.05) is 62.7 Å². The maximum Gasteiger partial charge on any atom is 0.191 e. The first-order valence-corrected chi connectivity index (χ1v) is 8.44. The molecule has 0 bridgehead atoms. The van der Waals surface area contributed by atoms with Crippen molar-refractivity contribution in [2.45, 2.75) is 13.8 Å². The van der Waals surface area contributed by atoms with Gasteiger partial charge < -0.3 is 4.74 Å². The highest BCUT2D eigenvalue weighted by Gasteiger charge is 1.90. The van der Waals surface area contributed by atoms with Gasteiger partial charge in [0.25, 0.3) is 0 Å². The number of benzene rings is 1. The summed E-state index contributed by atoms with van der Waals surface area (Å²) in [6.07, 6.45) is 3.66. The fourth-order valence-electron chi connectivity index (χ4n) is 1.15. The third kappa shape index (κ3) is 11.9. The van der Waals surface area contributed by atoms with Crippen LogP contribution in [-0.2, 0) is 14.6 Å². The van der Waals surface area contributed by atoms with Crippen LogP contribution in [0.3, 0.4) is 0 Å². The van der Waals surface area contributed by atoms with Gasteiger partial charge in [-0.25, -0.2) is 8.42 Å². The van der Waals surface area contributed by atoms with Gasteiger partial charge in [0.2, 0.25) is 0 Å². The Hall–Kier alpha value is -1.91. The highest BCUT2D eigenvalue weighted by Crippen LogP contribution is 2.10. The average Bonchev–Trinajstić information content (AvgIpc) is 2.56. The Morgan fingerprint density at radius 2 is 1.27 bits per heavy atom. The van der Waals surface area contributed by atoms with Crippen molar-refractivity contribution in [3.63, 3.8) is 0 Å². The lowest BCUT2D eigenvalue weighted by Crippen LogP contribution is -1.84. The molecular formula is C18H26O3S. The van der Waals surface area contributed by atoms with Crippen LogP contribution in [0.1, 0.15) is 25.0 Å². The topological polar surface area (TPSA) is 43.4 Å². The first-order valence-electron chi connectivity index (χ1n) is 6.83. The fraction of sp³-hybridized carbons (Fsp3) is 0.222. The van der Waals surface area contributed by atoms with Crippen LogP contribution in [0.5, 0.6) is 0 Å². The molecule has 0 spiro atoms.